The highest BCUT2D eigenvalue weighted by Gasteiger charge is 1.95. The van der Waals surface area contributed by atoms with Gasteiger partial charge in [0.2, 0.25) is 0 Å². The van der Waals surface area contributed by atoms with E-state index in [2.05, 4.69) is 19.6 Å². The minimum absolute atomic E-state index is 0.406. The summed E-state index contributed by atoms with van der Waals surface area (Å²) in [6, 6.07) is 0. The van der Waals surface area contributed by atoms with Crippen LogP contribution >= 0.6 is 0 Å². The fourth-order valence-electron chi connectivity index (χ4n) is 0.690. The van der Waals surface area contributed by atoms with Gasteiger partial charge in [0, 0.05) is 0 Å². The second kappa shape index (κ2) is 5.83. The van der Waals surface area contributed by atoms with Crippen molar-refractivity contribution in [3.63, 3.8) is 0 Å². The lowest BCUT2D eigenvalue weighted by Gasteiger charge is -2.01. The van der Waals surface area contributed by atoms with Crippen molar-refractivity contribution >= 4 is 0 Å². The SMILES string of the molecule is C=[C]C(O)CCCCC. The van der Waals surface area contributed by atoms with E-state index >= 15 is 0 Å². The monoisotopic (exact) mass is 127 g/mol. The predicted molar refractivity (Wildman–Crippen MR) is 39.0 cm³/mol. The van der Waals surface area contributed by atoms with Crippen molar-refractivity contribution in [3.8, 4) is 0 Å². The molecule has 1 unspecified atom stereocenters. The molecular weight excluding hydrogens is 112 g/mol. The maximum absolute atomic E-state index is 8.91. The minimum atomic E-state index is -0.406. The smallest absolute Gasteiger partial charge is 0.0787 e. The van der Waals surface area contributed by atoms with Crippen molar-refractivity contribution in [2.45, 2.75) is 38.7 Å². The summed E-state index contributed by atoms with van der Waals surface area (Å²) >= 11 is 0. The molecule has 0 fully saturated rings. The lowest BCUT2D eigenvalue weighted by Crippen LogP contribution is -2.00. The molecule has 53 valence electrons. The van der Waals surface area contributed by atoms with E-state index in [-0.39, 0.29) is 0 Å². The number of hydrogen-bond acceptors (Lipinski definition) is 1. The molecule has 1 atom stereocenters. The van der Waals surface area contributed by atoms with Crippen molar-refractivity contribution < 1.29 is 5.11 Å². The molecule has 0 amide bonds. The molecule has 0 aromatic rings. The zero-order valence-electron chi connectivity index (χ0n) is 6.06. The van der Waals surface area contributed by atoms with E-state index in [0.717, 1.165) is 12.8 Å². The number of aliphatic hydroxyl groups excluding tert-OH is 1. The van der Waals surface area contributed by atoms with E-state index < -0.39 is 6.10 Å². The van der Waals surface area contributed by atoms with E-state index in [1.165, 1.54) is 12.8 Å². The molecule has 0 aliphatic carbocycles. The molecule has 1 heteroatoms. The molecular formula is C8H15O. The maximum atomic E-state index is 8.91. The first-order chi connectivity index (χ1) is 4.31. The van der Waals surface area contributed by atoms with Crippen LogP contribution in [0.3, 0.4) is 0 Å². The standard InChI is InChI=1S/C8H15O/c1-3-5-6-7-8(9)4-2/h8-9H,2-3,5-7H2,1H3. The van der Waals surface area contributed by atoms with Gasteiger partial charge in [-0.05, 0) is 12.5 Å². The van der Waals surface area contributed by atoms with Crippen LogP contribution in [0, 0.1) is 6.08 Å². The summed E-state index contributed by atoms with van der Waals surface area (Å²) in [6.07, 6.45) is 6.42. The third-order valence-electron chi connectivity index (χ3n) is 1.32. The van der Waals surface area contributed by atoms with Crippen LogP contribution in [0.15, 0.2) is 6.58 Å². The molecule has 0 aliphatic heterocycles. The van der Waals surface area contributed by atoms with Crippen molar-refractivity contribution in [2.75, 3.05) is 0 Å². The largest absolute Gasteiger partial charge is 0.388 e. The van der Waals surface area contributed by atoms with Gasteiger partial charge in [0.05, 0.1) is 6.10 Å². The third-order valence-corrected chi connectivity index (χ3v) is 1.32. The molecule has 1 radical (unpaired) electrons. The Morgan fingerprint density at radius 3 is 2.67 bits per heavy atom. The summed E-state index contributed by atoms with van der Waals surface area (Å²) in [5, 5.41) is 8.91. The second-order valence-corrected chi connectivity index (χ2v) is 2.22. The molecule has 0 spiro atoms. The number of aliphatic hydroxyl groups is 1. The Morgan fingerprint density at radius 1 is 1.56 bits per heavy atom. The average Bonchev–Trinajstić information content (AvgIpc) is 1.89. The van der Waals surface area contributed by atoms with Crippen molar-refractivity contribution in [2.24, 2.45) is 0 Å². The second-order valence-electron chi connectivity index (χ2n) is 2.22. The molecule has 0 heterocycles. The highest BCUT2D eigenvalue weighted by molar-refractivity contribution is 4.67. The Labute approximate surface area is 57.4 Å². The summed E-state index contributed by atoms with van der Waals surface area (Å²) in [5.41, 5.74) is 0. The van der Waals surface area contributed by atoms with Gasteiger partial charge in [0.1, 0.15) is 0 Å². The predicted octanol–water partition coefficient (Wildman–Crippen LogP) is 1.92. The molecule has 0 saturated heterocycles. The molecule has 9 heavy (non-hydrogen) atoms. The topological polar surface area (TPSA) is 20.2 Å². The third kappa shape index (κ3) is 5.57. The summed E-state index contributed by atoms with van der Waals surface area (Å²) in [7, 11) is 0. The zero-order valence-corrected chi connectivity index (χ0v) is 6.06. The van der Waals surface area contributed by atoms with E-state index in [4.69, 9.17) is 5.11 Å². The molecule has 1 N–H and O–H groups in total. The number of rotatable bonds is 5. The first-order valence-corrected chi connectivity index (χ1v) is 3.52. The van der Waals surface area contributed by atoms with Gasteiger partial charge in [0.25, 0.3) is 0 Å². The van der Waals surface area contributed by atoms with Gasteiger partial charge in [-0.3, -0.25) is 0 Å². The van der Waals surface area contributed by atoms with E-state index in [9.17, 15) is 0 Å². The summed E-state index contributed by atoms with van der Waals surface area (Å²) in [6.45, 7) is 5.51. The molecule has 1 nitrogen and oxygen atoms in total. The van der Waals surface area contributed by atoms with Crippen LogP contribution in [-0.4, -0.2) is 11.2 Å². The summed E-state index contributed by atoms with van der Waals surface area (Å²) in [4.78, 5) is 0. The van der Waals surface area contributed by atoms with Crippen molar-refractivity contribution in [3.05, 3.63) is 12.7 Å². The first kappa shape index (κ1) is 8.70. The Hall–Kier alpha value is -0.300. The lowest BCUT2D eigenvalue weighted by atomic mass is 10.1. The lowest BCUT2D eigenvalue weighted by molar-refractivity contribution is 0.202. The van der Waals surface area contributed by atoms with E-state index in [1.54, 1.807) is 0 Å². The maximum Gasteiger partial charge on any atom is 0.0787 e. The Balaban J connectivity index is 2.96. The average molecular weight is 127 g/mol. The normalized spacial score (nSPS) is 13.1. The van der Waals surface area contributed by atoms with Crippen LogP contribution in [0.1, 0.15) is 32.6 Å². The van der Waals surface area contributed by atoms with Gasteiger partial charge in [-0.2, -0.15) is 0 Å². The van der Waals surface area contributed by atoms with Crippen LogP contribution in [0.4, 0.5) is 0 Å². The van der Waals surface area contributed by atoms with Gasteiger partial charge < -0.3 is 5.11 Å². The summed E-state index contributed by atoms with van der Waals surface area (Å²) < 4.78 is 0. The van der Waals surface area contributed by atoms with E-state index in [1.807, 2.05) is 0 Å². The Bertz CT molecular complexity index is 69.0. The van der Waals surface area contributed by atoms with Gasteiger partial charge in [-0.25, -0.2) is 0 Å². The van der Waals surface area contributed by atoms with Crippen LogP contribution in [0.5, 0.6) is 0 Å². The molecule has 0 aromatic carbocycles. The van der Waals surface area contributed by atoms with Gasteiger partial charge in [0.15, 0.2) is 0 Å². The molecule has 0 rings (SSSR count). The Morgan fingerprint density at radius 2 is 2.22 bits per heavy atom. The molecule has 0 aromatic heterocycles. The van der Waals surface area contributed by atoms with Gasteiger partial charge >= 0.3 is 0 Å². The highest BCUT2D eigenvalue weighted by atomic mass is 16.3. The number of unbranched alkanes of at least 4 members (excludes halogenated alkanes) is 2. The van der Waals surface area contributed by atoms with Crippen LogP contribution in [0.2, 0.25) is 0 Å². The van der Waals surface area contributed by atoms with Crippen LogP contribution in [0.25, 0.3) is 0 Å². The molecule has 0 bridgehead atoms. The van der Waals surface area contributed by atoms with Gasteiger partial charge in [-0.15, -0.1) is 0 Å². The van der Waals surface area contributed by atoms with Gasteiger partial charge in [-0.1, -0.05) is 32.8 Å². The highest BCUT2D eigenvalue weighted by Crippen LogP contribution is 2.02. The van der Waals surface area contributed by atoms with Crippen molar-refractivity contribution in [1.29, 1.82) is 0 Å². The minimum Gasteiger partial charge on any atom is -0.388 e. The quantitative estimate of drug-likeness (QED) is 0.559. The van der Waals surface area contributed by atoms with Crippen LogP contribution in [-0.2, 0) is 0 Å². The van der Waals surface area contributed by atoms with E-state index in [0.29, 0.717) is 0 Å². The fraction of sp³-hybridized carbons (Fsp3) is 0.750. The Kier molecular flexibility index (Phi) is 5.64. The van der Waals surface area contributed by atoms with Crippen LogP contribution < -0.4 is 0 Å². The number of hydrogen-bond donors (Lipinski definition) is 1. The first-order valence-electron chi connectivity index (χ1n) is 3.52. The summed E-state index contributed by atoms with van der Waals surface area (Å²) in [5.74, 6) is 0. The zero-order chi connectivity index (χ0) is 7.11. The molecule has 0 aliphatic rings. The van der Waals surface area contributed by atoms with Crippen molar-refractivity contribution in [1.82, 2.24) is 0 Å². The molecule has 0 saturated carbocycles. The fourth-order valence-corrected chi connectivity index (χ4v) is 0.690.